The highest BCUT2D eigenvalue weighted by Crippen LogP contribution is 2.29. The van der Waals surface area contributed by atoms with Crippen LogP contribution in [-0.2, 0) is 0 Å². The van der Waals surface area contributed by atoms with Crippen molar-refractivity contribution < 1.29 is 18.5 Å². The van der Waals surface area contributed by atoms with Crippen molar-refractivity contribution >= 4 is 34.7 Å². The molecular formula is C7H3F2IN2O3. The van der Waals surface area contributed by atoms with Gasteiger partial charge in [-0.25, -0.2) is 8.78 Å². The maximum atomic E-state index is 12.4. The third kappa shape index (κ3) is 2.43. The Hall–Kier alpha value is -1.19. The molecule has 0 radical (unpaired) electrons. The van der Waals surface area contributed by atoms with Crippen molar-refractivity contribution in [3.05, 3.63) is 31.0 Å². The van der Waals surface area contributed by atoms with Crippen molar-refractivity contribution in [2.75, 3.05) is 0 Å². The number of carbonyl (C=O) groups excluding carboxylic acids is 1. The first-order chi connectivity index (χ1) is 6.97. The van der Waals surface area contributed by atoms with Crippen LogP contribution in [0.4, 0.5) is 14.6 Å². The van der Waals surface area contributed by atoms with Gasteiger partial charge in [0.15, 0.2) is 6.29 Å². The molecule has 0 aliphatic rings. The zero-order chi connectivity index (χ0) is 11.6. The second-order valence-corrected chi connectivity index (χ2v) is 3.61. The topological polar surface area (TPSA) is 73.1 Å². The molecule has 0 atom stereocenters. The average molecular weight is 328 g/mol. The molecule has 0 saturated heterocycles. The quantitative estimate of drug-likeness (QED) is 0.369. The SMILES string of the molecule is O=Cc1nc([N+](=O)[O-])c(C(F)F)cc1I. The van der Waals surface area contributed by atoms with Crippen LogP contribution in [0.1, 0.15) is 22.5 Å². The Morgan fingerprint density at radius 2 is 2.20 bits per heavy atom. The number of aromatic nitrogens is 1. The van der Waals surface area contributed by atoms with Crippen LogP contribution < -0.4 is 0 Å². The molecule has 1 rings (SSSR count). The van der Waals surface area contributed by atoms with Gasteiger partial charge >= 0.3 is 5.82 Å². The minimum atomic E-state index is -2.99. The molecule has 0 N–H and O–H groups in total. The maximum Gasteiger partial charge on any atom is 0.373 e. The smallest absolute Gasteiger partial charge is 0.358 e. The molecule has 0 aliphatic heterocycles. The summed E-state index contributed by atoms with van der Waals surface area (Å²) in [5.41, 5.74) is -0.998. The van der Waals surface area contributed by atoms with Gasteiger partial charge in [-0.1, -0.05) is 0 Å². The molecule has 0 unspecified atom stereocenters. The number of nitro groups is 1. The summed E-state index contributed by atoms with van der Waals surface area (Å²) in [4.78, 5) is 23.0. The predicted molar refractivity (Wildman–Crippen MR) is 54.0 cm³/mol. The molecule has 0 aliphatic carbocycles. The van der Waals surface area contributed by atoms with Crippen molar-refractivity contribution in [2.24, 2.45) is 0 Å². The second-order valence-electron chi connectivity index (χ2n) is 2.44. The van der Waals surface area contributed by atoms with Gasteiger partial charge in [0.1, 0.15) is 5.56 Å². The fraction of sp³-hybridized carbons (Fsp3) is 0.143. The molecule has 80 valence electrons. The molecule has 1 aromatic rings. The van der Waals surface area contributed by atoms with E-state index in [0.717, 1.165) is 6.07 Å². The Bertz CT molecular complexity index is 425. The summed E-state index contributed by atoms with van der Waals surface area (Å²) < 4.78 is 24.9. The molecule has 0 amide bonds. The van der Waals surface area contributed by atoms with Crippen LogP contribution in [0.15, 0.2) is 6.07 Å². The van der Waals surface area contributed by atoms with Crippen LogP contribution in [-0.4, -0.2) is 16.2 Å². The Balaban J connectivity index is 3.45. The number of pyridine rings is 1. The fourth-order valence-corrected chi connectivity index (χ4v) is 1.48. The van der Waals surface area contributed by atoms with Gasteiger partial charge in [-0.05, 0) is 38.6 Å². The summed E-state index contributed by atoms with van der Waals surface area (Å²) in [7, 11) is 0. The fourth-order valence-electron chi connectivity index (χ4n) is 0.897. The lowest BCUT2D eigenvalue weighted by molar-refractivity contribution is -0.391. The van der Waals surface area contributed by atoms with Gasteiger partial charge < -0.3 is 10.1 Å². The van der Waals surface area contributed by atoms with Gasteiger partial charge in [-0.2, -0.15) is 0 Å². The third-order valence-corrected chi connectivity index (χ3v) is 2.40. The molecule has 0 fully saturated rings. The summed E-state index contributed by atoms with van der Waals surface area (Å²) in [5, 5.41) is 10.4. The minimum absolute atomic E-state index is 0.156. The zero-order valence-electron chi connectivity index (χ0n) is 6.99. The lowest BCUT2D eigenvalue weighted by Gasteiger charge is -2.02. The van der Waals surface area contributed by atoms with E-state index in [1.807, 2.05) is 0 Å². The number of aldehydes is 1. The number of halogens is 3. The van der Waals surface area contributed by atoms with Gasteiger partial charge in [-0.3, -0.25) is 4.79 Å². The first-order valence-corrected chi connectivity index (χ1v) is 4.63. The number of carbonyl (C=O) groups is 1. The van der Waals surface area contributed by atoms with Crippen LogP contribution >= 0.6 is 22.6 Å². The summed E-state index contributed by atoms with van der Waals surface area (Å²) in [6, 6.07) is 0.889. The molecule has 0 bridgehead atoms. The molecule has 0 aromatic carbocycles. The van der Waals surface area contributed by atoms with E-state index in [9.17, 15) is 23.7 Å². The summed E-state index contributed by atoms with van der Waals surface area (Å²) in [6.45, 7) is 0. The van der Waals surface area contributed by atoms with Crippen LogP contribution in [0.5, 0.6) is 0 Å². The number of hydrogen-bond donors (Lipinski definition) is 0. The molecule has 5 nitrogen and oxygen atoms in total. The number of alkyl halides is 2. The maximum absolute atomic E-state index is 12.4. The van der Waals surface area contributed by atoms with Gasteiger partial charge in [0.2, 0.25) is 5.69 Å². The summed E-state index contributed by atoms with van der Waals surface area (Å²) >= 11 is 1.61. The molecule has 15 heavy (non-hydrogen) atoms. The van der Waals surface area contributed by atoms with E-state index >= 15 is 0 Å². The lowest BCUT2D eigenvalue weighted by atomic mass is 10.2. The standard InChI is InChI=1S/C7H3F2IN2O3/c8-6(9)3-1-4(10)5(2-13)11-7(3)12(14)15/h1-2,6H. The molecule has 0 spiro atoms. The molecule has 8 heteroatoms. The Morgan fingerprint density at radius 1 is 1.60 bits per heavy atom. The Morgan fingerprint density at radius 3 is 2.60 bits per heavy atom. The van der Waals surface area contributed by atoms with Crippen LogP contribution in [0.2, 0.25) is 0 Å². The van der Waals surface area contributed by atoms with Crippen molar-refractivity contribution in [1.29, 1.82) is 0 Å². The monoisotopic (exact) mass is 328 g/mol. The molecule has 1 heterocycles. The van der Waals surface area contributed by atoms with Gasteiger partial charge in [0.05, 0.1) is 3.57 Å². The minimum Gasteiger partial charge on any atom is -0.358 e. The largest absolute Gasteiger partial charge is 0.373 e. The van der Waals surface area contributed by atoms with Crippen molar-refractivity contribution in [3.63, 3.8) is 0 Å². The highest BCUT2D eigenvalue weighted by atomic mass is 127. The number of rotatable bonds is 3. The zero-order valence-corrected chi connectivity index (χ0v) is 9.14. The van der Waals surface area contributed by atoms with Crippen LogP contribution in [0, 0.1) is 13.7 Å². The average Bonchev–Trinajstić information content (AvgIpc) is 2.16. The normalized spacial score (nSPS) is 10.4. The Kier molecular flexibility index (Phi) is 3.61. The highest BCUT2D eigenvalue weighted by molar-refractivity contribution is 14.1. The predicted octanol–water partition coefficient (Wildman–Crippen LogP) is 2.34. The van der Waals surface area contributed by atoms with E-state index in [1.165, 1.54) is 0 Å². The van der Waals surface area contributed by atoms with E-state index in [2.05, 4.69) is 4.98 Å². The van der Waals surface area contributed by atoms with Gasteiger partial charge in [0, 0.05) is 0 Å². The van der Waals surface area contributed by atoms with Crippen LogP contribution in [0.3, 0.4) is 0 Å². The molecular weight excluding hydrogens is 325 g/mol. The highest BCUT2D eigenvalue weighted by Gasteiger charge is 2.26. The van der Waals surface area contributed by atoms with Crippen molar-refractivity contribution in [3.8, 4) is 0 Å². The van der Waals surface area contributed by atoms with E-state index in [-0.39, 0.29) is 15.6 Å². The first-order valence-electron chi connectivity index (χ1n) is 3.55. The Labute approximate surface area is 95.8 Å². The summed E-state index contributed by atoms with van der Waals surface area (Å²) in [6.07, 6.45) is -2.71. The first kappa shape index (κ1) is 11.9. The molecule has 0 saturated carbocycles. The van der Waals surface area contributed by atoms with E-state index in [1.54, 1.807) is 22.6 Å². The van der Waals surface area contributed by atoms with Crippen molar-refractivity contribution in [2.45, 2.75) is 6.43 Å². The summed E-state index contributed by atoms with van der Waals surface area (Å²) in [5.74, 6) is -0.979. The van der Waals surface area contributed by atoms with Gasteiger partial charge in [-0.15, -0.1) is 0 Å². The van der Waals surface area contributed by atoms with E-state index in [4.69, 9.17) is 0 Å². The number of nitrogens with zero attached hydrogens (tertiary/aromatic N) is 2. The third-order valence-electron chi connectivity index (χ3n) is 1.53. The lowest BCUT2D eigenvalue weighted by Crippen LogP contribution is -2.04. The number of hydrogen-bond acceptors (Lipinski definition) is 4. The second kappa shape index (κ2) is 4.55. The van der Waals surface area contributed by atoms with Crippen molar-refractivity contribution in [1.82, 2.24) is 4.98 Å². The molecule has 1 aromatic heterocycles. The van der Waals surface area contributed by atoms with Crippen LogP contribution in [0.25, 0.3) is 0 Å². The van der Waals surface area contributed by atoms with Gasteiger partial charge in [0.25, 0.3) is 6.43 Å². The van der Waals surface area contributed by atoms with E-state index in [0.29, 0.717) is 0 Å². The van der Waals surface area contributed by atoms with E-state index < -0.39 is 22.7 Å².